The van der Waals surface area contributed by atoms with Crippen LogP contribution in [0.25, 0.3) is 0 Å². The van der Waals surface area contributed by atoms with Gasteiger partial charge in [-0.25, -0.2) is 4.79 Å². The third-order valence-electron chi connectivity index (χ3n) is 14.3. The van der Waals surface area contributed by atoms with E-state index in [4.69, 9.17) is 4.74 Å². The van der Waals surface area contributed by atoms with Gasteiger partial charge in [0.15, 0.2) is 0 Å². The molecule has 13 heteroatoms. The summed E-state index contributed by atoms with van der Waals surface area (Å²) in [5, 5.41) is 11.1. The van der Waals surface area contributed by atoms with Gasteiger partial charge < -0.3 is 19.6 Å². The maximum absolute atomic E-state index is 13.3. The monoisotopic (exact) mass is 814 g/mol. The van der Waals surface area contributed by atoms with E-state index in [1.54, 1.807) is 4.90 Å². The number of halogens is 5. The summed E-state index contributed by atoms with van der Waals surface area (Å²) in [4.78, 5) is 29.5. The number of ether oxygens (including phenoxy) is 1. The fourth-order valence-corrected chi connectivity index (χ4v) is 12.3. The first-order chi connectivity index (χ1) is 26.7. The van der Waals surface area contributed by atoms with Crippen LogP contribution in [0.5, 0.6) is 5.75 Å². The van der Waals surface area contributed by atoms with E-state index in [1.165, 1.54) is 11.1 Å². The van der Waals surface area contributed by atoms with Crippen LogP contribution in [-0.4, -0.2) is 86.5 Å². The molecule has 0 bridgehead atoms. The highest BCUT2D eigenvalue weighted by Crippen LogP contribution is 2.63. The molecule has 0 radical (unpaired) electrons. The van der Waals surface area contributed by atoms with Gasteiger partial charge in [-0.2, -0.15) is 22.0 Å². The van der Waals surface area contributed by atoms with Crippen LogP contribution in [0.1, 0.15) is 146 Å². The molecule has 316 valence electrons. The number of piperidine rings is 2. The largest absolute Gasteiger partial charge is 0.453 e. The number of aliphatic hydroxyl groups is 1. The van der Waals surface area contributed by atoms with Gasteiger partial charge in [-0.3, -0.25) is 9.00 Å². The van der Waals surface area contributed by atoms with Crippen LogP contribution in [0.3, 0.4) is 0 Å². The van der Waals surface area contributed by atoms with Crippen LogP contribution < -0.4 is 4.74 Å². The van der Waals surface area contributed by atoms with Crippen molar-refractivity contribution >= 4 is 22.8 Å². The van der Waals surface area contributed by atoms with Crippen LogP contribution in [0.4, 0.5) is 26.7 Å². The molecule has 2 saturated carbocycles. The van der Waals surface area contributed by atoms with E-state index in [9.17, 15) is 40.9 Å². The second-order valence-corrected chi connectivity index (χ2v) is 19.5. The van der Waals surface area contributed by atoms with Crippen LogP contribution in [0.2, 0.25) is 0 Å². The fourth-order valence-electron chi connectivity index (χ4n) is 11.1. The number of nitrogens with zero attached hydrogens (tertiary/aromatic N) is 2. The number of alkyl halides is 5. The molecule has 4 fully saturated rings. The van der Waals surface area contributed by atoms with Crippen LogP contribution in [-0.2, 0) is 22.0 Å². The molecule has 1 aromatic carbocycles. The summed E-state index contributed by atoms with van der Waals surface area (Å²) in [5.74, 6) is -1.79. The van der Waals surface area contributed by atoms with Crippen molar-refractivity contribution in [2.45, 2.75) is 166 Å². The molecule has 6 rings (SSSR count). The van der Waals surface area contributed by atoms with Crippen molar-refractivity contribution in [1.29, 1.82) is 0 Å². The quantitative estimate of drug-likeness (QED) is 0.133. The first-order valence-corrected chi connectivity index (χ1v) is 23.0. The minimum Gasteiger partial charge on any atom is -0.410 e. The van der Waals surface area contributed by atoms with Crippen molar-refractivity contribution < 1.29 is 45.6 Å². The molecule has 0 spiro atoms. The Labute approximate surface area is 332 Å². The molecule has 56 heavy (non-hydrogen) atoms. The lowest BCUT2D eigenvalue weighted by molar-refractivity contribution is -0.284. The molecule has 0 aromatic heterocycles. The van der Waals surface area contributed by atoms with Crippen molar-refractivity contribution in [3.8, 4) is 5.75 Å². The number of aliphatic hydroxyl groups excluding tert-OH is 1. The number of benzene rings is 1. The summed E-state index contributed by atoms with van der Waals surface area (Å²) in [6, 6.07) is 6.45. The van der Waals surface area contributed by atoms with Gasteiger partial charge in [0.05, 0.1) is 6.10 Å². The Bertz CT molecular complexity index is 1520. The molecule has 2 amide bonds. The molecule has 2 heterocycles. The van der Waals surface area contributed by atoms with Crippen molar-refractivity contribution in [1.82, 2.24) is 9.80 Å². The number of hydrogen-bond donors (Lipinski definition) is 1. The van der Waals surface area contributed by atoms with E-state index < -0.39 is 35.7 Å². The predicted octanol–water partition coefficient (Wildman–Crippen LogP) is 9.95. The van der Waals surface area contributed by atoms with Crippen molar-refractivity contribution in [3.05, 3.63) is 29.3 Å². The first-order valence-electron chi connectivity index (χ1n) is 21.5. The number of carbonyl (C=O) groups is 2. The SMILES string of the molecule is C[C@]12CC[C@@H]3c4ccc(OC(=O)N5CCC(N6CCCCC6=O)CC5)cc4C[C@@H](CCCCCCCCCS(=O)CCCC(F)(F)C(F)(F)F)[C@H]3[C@@H]1CC[C@@H]2O. The molecule has 1 N–H and O–H groups in total. The Kier molecular flexibility index (Phi) is 14.5. The van der Waals surface area contributed by atoms with Gasteiger partial charge in [-0.05, 0) is 129 Å². The van der Waals surface area contributed by atoms with E-state index in [-0.39, 0.29) is 35.3 Å². The summed E-state index contributed by atoms with van der Waals surface area (Å²) in [7, 11) is -1.38. The number of fused-ring (bicyclic) bond motifs is 5. The Balaban J connectivity index is 0.965. The first kappa shape index (κ1) is 43.3. The van der Waals surface area contributed by atoms with Crippen LogP contribution in [0, 0.1) is 23.2 Å². The van der Waals surface area contributed by atoms with Gasteiger partial charge in [0.2, 0.25) is 5.91 Å². The Morgan fingerprint density at radius 2 is 1.61 bits per heavy atom. The van der Waals surface area contributed by atoms with Gasteiger partial charge in [0.25, 0.3) is 0 Å². The molecule has 7 atom stereocenters. The lowest BCUT2D eigenvalue weighted by Gasteiger charge is -2.53. The molecule has 2 aliphatic heterocycles. The highest BCUT2D eigenvalue weighted by Gasteiger charge is 2.57. The zero-order valence-electron chi connectivity index (χ0n) is 33.1. The number of hydrogen-bond acceptors (Lipinski definition) is 5. The number of amides is 2. The molecular weight excluding hydrogens is 752 g/mol. The van der Waals surface area contributed by atoms with Crippen molar-refractivity contribution in [2.24, 2.45) is 23.2 Å². The minimum absolute atomic E-state index is 0.0427. The summed E-state index contributed by atoms with van der Waals surface area (Å²) < 4.78 is 81.3. The number of unbranched alkanes of at least 4 members (excludes halogenated alkanes) is 6. The Morgan fingerprint density at radius 3 is 2.32 bits per heavy atom. The minimum atomic E-state index is -5.56. The third-order valence-corrected chi connectivity index (χ3v) is 15.8. The van der Waals surface area contributed by atoms with Gasteiger partial charge in [0.1, 0.15) is 5.75 Å². The maximum atomic E-state index is 13.3. The molecule has 2 saturated heterocycles. The average molecular weight is 815 g/mol. The fraction of sp³-hybridized carbons (Fsp3) is 0.814. The van der Waals surface area contributed by atoms with Gasteiger partial charge in [0, 0.05) is 60.8 Å². The summed E-state index contributed by atoms with van der Waals surface area (Å²) in [6.07, 6.45) is 9.21. The van der Waals surface area contributed by atoms with Crippen molar-refractivity contribution in [2.75, 3.05) is 31.1 Å². The zero-order valence-corrected chi connectivity index (χ0v) is 34.0. The third kappa shape index (κ3) is 10.1. The number of carbonyl (C=O) groups excluding carboxylic acids is 2. The Hall–Kier alpha value is -2.28. The highest BCUT2D eigenvalue weighted by molar-refractivity contribution is 7.84. The van der Waals surface area contributed by atoms with Gasteiger partial charge in [-0.1, -0.05) is 51.5 Å². The normalized spacial score (nSPS) is 29.1. The summed E-state index contributed by atoms with van der Waals surface area (Å²) in [6.45, 7) is 4.29. The standard InChI is InChI=1S/C43H63F5N2O5S/c1-41-22-18-35-34-15-14-33(55-40(53)49-24-19-32(20-25-49)50-23-9-8-13-38(50)52)29-31(34)28-30(39(35)36(41)16-17-37(41)51)12-7-5-3-2-4-6-10-26-56(54)27-11-21-42(44,45)43(46,47)48/h14-15,29-30,32,35-37,39,51H,2-13,16-28H2,1H3/t30-,35-,36+,37+,39-,41+,56?/m1/s1. The molecule has 5 aliphatic rings. The summed E-state index contributed by atoms with van der Waals surface area (Å²) in [5.41, 5.74) is 2.61. The lowest BCUT2D eigenvalue weighted by Crippen LogP contribution is -2.50. The molecular formula is C43H63F5N2O5S. The van der Waals surface area contributed by atoms with Crippen LogP contribution >= 0.6 is 0 Å². The molecule has 1 unspecified atom stereocenters. The highest BCUT2D eigenvalue weighted by atomic mass is 32.2. The Morgan fingerprint density at radius 1 is 0.911 bits per heavy atom. The molecule has 3 aliphatic carbocycles. The number of likely N-dealkylation sites (tertiary alicyclic amines) is 2. The predicted molar refractivity (Wildman–Crippen MR) is 207 cm³/mol. The maximum Gasteiger partial charge on any atom is 0.453 e. The van der Waals surface area contributed by atoms with E-state index in [2.05, 4.69) is 19.1 Å². The lowest BCUT2D eigenvalue weighted by atomic mass is 9.52. The average Bonchev–Trinajstić information content (AvgIpc) is 3.47. The van der Waals surface area contributed by atoms with Crippen molar-refractivity contribution in [3.63, 3.8) is 0 Å². The van der Waals surface area contributed by atoms with Crippen LogP contribution in [0.15, 0.2) is 18.2 Å². The van der Waals surface area contributed by atoms with Gasteiger partial charge >= 0.3 is 18.2 Å². The van der Waals surface area contributed by atoms with E-state index in [0.717, 1.165) is 109 Å². The number of rotatable bonds is 16. The van der Waals surface area contributed by atoms with E-state index in [0.29, 0.717) is 61.1 Å². The second-order valence-electron chi connectivity index (χ2n) is 17.8. The van der Waals surface area contributed by atoms with E-state index in [1.807, 2.05) is 11.0 Å². The smallest absolute Gasteiger partial charge is 0.410 e. The summed E-state index contributed by atoms with van der Waals surface area (Å²) >= 11 is 0. The second kappa shape index (κ2) is 18.8. The molecule has 1 aromatic rings. The molecule has 7 nitrogen and oxygen atoms in total. The zero-order chi connectivity index (χ0) is 40.1. The van der Waals surface area contributed by atoms with Gasteiger partial charge in [-0.15, -0.1) is 0 Å². The van der Waals surface area contributed by atoms with E-state index >= 15 is 0 Å². The topological polar surface area (TPSA) is 87.2 Å².